The van der Waals surface area contributed by atoms with Gasteiger partial charge >= 0.3 is 6.03 Å². The minimum absolute atomic E-state index is 0.213. The Kier molecular flexibility index (Phi) is 2.86. The van der Waals surface area contributed by atoms with Gasteiger partial charge in [0.25, 0.3) is 0 Å². The summed E-state index contributed by atoms with van der Waals surface area (Å²) in [5.74, 6) is 0.0851. The second-order valence-corrected chi connectivity index (χ2v) is 4.35. The van der Waals surface area contributed by atoms with Crippen LogP contribution < -0.4 is 10.2 Å². The zero-order valence-electron chi connectivity index (χ0n) is 10.4. The smallest absolute Gasteiger partial charge is 0.298 e. The number of aromatic nitrogens is 2. The summed E-state index contributed by atoms with van der Waals surface area (Å²) in [6.07, 6.45) is 2.28. The summed E-state index contributed by atoms with van der Waals surface area (Å²) >= 11 is 0. The van der Waals surface area contributed by atoms with Gasteiger partial charge in [-0.25, -0.2) is 14.8 Å². The van der Waals surface area contributed by atoms with Crippen molar-refractivity contribution in [2.45, 2.75) is 6.42 Å². The predicted molar refractivity (Wildman–Crippen MR) is 70.4 cm³/mol. The molecular formula is C13H10N4O3. The second kappa shape index (κ2) is 4.69. The van der Waals surface area contributed by atoms with Crippen LogP contribution >= 0.6 is 0 Å². The van der Waals surface area contributed by atoms with Gasteiger partial charge in [0.05, 0.1) is 5.52 Å². The van der Waals surface area contributed by atoms with Crippen molar-refractivity contribution < 1.29 is 14.4 Å². The van der Waals surface area contributed by atoms with E-state index in [-0.39, 0.29) is 18.9 Å². The third kappa shape index (κ3) is 1.99. The van der Waals surface area contributed by atoms with Crippen LogP contribution in [0.25, 0.3) is 10.9 Å². The Morgan fingerprint density at radius 2 is 2.10 bits per heavy atom. The molecule has 1 saturated heterocycles. The highest BCUT2D eigenvalue weighted by molar-refractivity contribution is 6.08. The quantitative estimate of drug-likeness (QED) is 0.818. The molecule has 0 atom stereocenters. The first-order valence-corrected chi connectivity index (χ1v) is 6.00. The second-order valence-electron chi connectivity index (χ2n) is 4.35. The number of rotatable bonds is 2. The lowest BCUT2D eigenvalue weighted by molar-refractivity contribution is -0.120. The molecular weight excluding hydrogens is 260 g/mol. The highest BCUT2D eigenvalue weighted by Gasteiger charge is 2.26. The van der Waals surface area contributed by atoms with Crippen LogP contribution in [0.3, 0.4) is 0 Å². The summed E-state index contributed by atoms with van der Waals surface area (Å²) in [5, 5.41) is 2.84. The molecule has 0 aliphatic carbocycles. The van der Waals surface area contributed by atoms with Gasteiger partial charge in [0.1, 0.15) is 18.4 Å². The molecule has 0 spiro atoms. The zero-order valence-corrected chi connectivity index (χ0v) is 10.4. The first kappa shape index (κ1) is 12.2. The third-order valence-electron chi connectivity index (χ3n) is 3.08. The van der Waals surface area contributed by atoms with Gasteiger partial charge in [-0.3, -0.25) is 19.8 Å². The van der Waals surface area contributed by atoms with Crippen LogP contribution in [0, 0.1) is 0 Å². The van der Waals surface area contributed by atoms with Crippen LogP contribution in [0.15, 0.2) is 24.5 Å². The van der Waals surface area contributed by atoms with Crippen molar-refractivity contribution in [3.8, 4) is 0 Å². The number of benzene rings is 1. The molecule has 7 nitrogen and oxygen atoms in total. The van der Waals surface area contributed by atoms with E-state index in [2.05, 4.69) is 15.3 Å². The number of amides is 3. The van der Waals surface area contributed by atoms with E-state index >= 15 is 0 Å². The first-order valence-electron chi connectivity index (χ1n) is 6.00. The minimum atomic E-state index is -0.516. The molecule has 2 heterocycles. The van der Waals surface area contributed by atoms with Crippen molar-refractivity contribution in [2.24, 2.45) is 0 Å². The third-order valence-corrected chi connectivity index (χ3v) is 3.08. The summed E-state index contributed by atoms with van der Waals surface area (Å²) in [4.78, 5) is 43.5. The van der Waals surface area contributed by atoms with Gasteiger partial charge in [0.15, 0.2) is 0 Å². The maximum atomic E-state index is 11.9. The fourth-order valence-electron chi connectivity index (χ4n) is 2.12. The van der Waals surface area contributed by atoms with Gasteiger partial charge in [0, 0.05) is 23.9 Å². The molecule has 0 saturated carbocycles. The van der Waals surface area contributed by atoms with Crippen LogP contribution in [0.4, 0.5) is 10.6 Å². The number of aldehydes is 1. The van der Waals surface area contributed by atoms with Gasteiger partial charge in [-0.1, -0.05) is 0 Å². The number of nitrogens with one attached hydrogen (secondary N) is 1. The van der Waals surface area contributed by atoms with E-state index in [1.54, 1.807) is 18.2 Å². The van der Waals surface area contributed by atoms with Gasteiger partial charge in [0.2, 0.25) is 5.91 Å². The normalized spacial score (nSPS) is 15.3. The lowest BCUT2D eigenvalue weighted by atomic mass is 10.1. The van der Waals surface area contributed by atoms with Crippen molar-refractivity contribution >= 4 is 34.9 Å². The summed E-state index contributed by atoms with van der Waals surface area (Å²) < 4.78 is 0. The SMILES string of the molecule is O=Cc1ccc2ncnc(N3CCC(=O)NC3=O)c2c1. The monoisotopic (exact) mass is 270 g/mol. The van der Waals surface area contributed by atoms with Crippen molar-refractivity contribution in [1.82, 2.24) is 15.3 Å². The molecule has 0 unspecified atom stereocenters. The lowest BCUT2D eigenvalue weighted by Gasteiger charge is -2.26. The summed E-state index contributed by atoms with van der Waals surface area (Å²) in [6.45, 7) is 0.252. The Bertz CT molecular complexity index is 729. The van der Waals surface area contributed by atoms with E-state index in [0.717, 1.165) is 6.29 Å². The Morgan fingerprint density at radius 1 is 1.25 bits per heavy atom. The summed E-state index contributed by atoms with van der Waals surface area (Å²) in [7, 11) is 0. The molecule has 1 N–H and O–H groups in total. The van der Waals surface area contributed by atoms with Crippen molar-refractivity contribution in [3.63, 3.8) is 0 Å². The van der Waals surface area contributed by atoms with Crippen molar-refractivity contribution in [1.29, 1.82) is 0 Å². The molecule has 1 aliphatic rings. The summed E-state index contributed by atoms with van der Waals surface area (Å²) in [5.41, 5.74) is 1.10. The fourth-order valence-corrected chi connectivity index (χ4v) is 2.12. The number of carbonyl (C=O) groups excluding carboxylic acids is 3. The minimum Gasteiger partial charge on any atom is -0.298 e. The first-order chi connectivity index (χ1) is 9.69. The highest BCUT2D eigenvalue weighted by Crippen LogP contribution is 2.24. The van der Waals surface area contributed by atoms with E-state index < -0.39 is 6.03 Å². The summed E-state index contributed by atoms with van der Waals surface area (Å²) in [6, 6.07) is 4.45. The number of nitrogens with zero attached hydrogens (tertiary/aromatic N) is 3. The van der Waals surface area contributed by atoms with Gasteiger partial charge in [-0.05, 0) is 18.2 Å². The van der Waals surface area contributed by atoms with Gasteiger partial charge in [-0.2, -0.15) is 0 Å². The Morgan fingerprint density at radius 3 is 2.85 bits per heavy atom. The van der Waals surface area contributed by atoms with E-state index in [1.165, 1.54) is 11.2 Å². The molecule has 7 heteroatoms. The molecule has 3 amide bonds. The Balaban J connectivity index is 2.13. The number of carbonyl (C=O) groups is 3. The maximum Gasteiger partial charge on any atom is 0.329 e. The highest BCUT2D eigenvalue weighted by atomic mass is 16.2. The number of fused-ring (bicyclic) bond motifs is 1. The van der Waals surface area contributed by atoms with Crippen LogP contribution in [0.1, 0.15) is 16.8 Å². The topological polar surface area (TPSA) is 92.3 Å². The van der Waals surface area contributed by atoms with Crippen molar-refractivity contribution in [2.75, 3.05) is 11.4 Å². The average molecular weight is 270 g/mol. The van der Waals surface area contributed by atoms with E-state index in [0.29, 0.717) is 22.3 Å². The van der Waals surface area contributed by atoms with E-state index in [1.807, 2.05) is 0 Å². The fraction of sp³-hybridized carbons (Fsp3) is 0.154. The molecule has 0 bridgehead atoms. The molecule has 1 aliphatic heterocycles. The van der Waals surface area contributed by atoms with Crippen molar-refractivity contribution in [3.05, 3.63) is 30.1 Å². The molecule has 1 aromatic carbocycles. The number of hydrogen-bond acceptors (Lipinski definition) is 5. The van der Waals surface area contributed by atoms with Crippen LogP contribution in [-0.2, 0) is 4.79 Å². The predicted octanol–water partition coefficient (Wildman–Crippen LogP) is 0.889. The maximum absolute atomic E-state index is 11.9. The van der Waals surface area contributed by atoms with Gasteiger partial charge < -0.3 is 0 Å². The zero-order chi connectivity index (χ0) is 14.1. The Hall–Kier alpha value is -2.83. The number of anilines is 1. The Labute approximate surface area is 113 Å². The van der Waals surface area contributed by atoms with Crippen LogP contribution in [0.2, 0.25) is 0 Å². The molecule has 20 heavy (non-hydrogen) atoms. The molecule has 100 valence electrons. The average Bonchev–Trinajstić information content (AvgIpc) is 2.46. The van der Waals surface area contributed by atoms with E-state index in [4.69, 9.17) is 0 Å². The van der Waals surface area contributed by atoms with Gasteiger partial charge in [-0.15, -0.1) is 0 Å². The number of urea groups is 1. The van der Waals surface area contributed by atoms with E-state index in [9.17, 15) is 14.4 Å². The molecule has 0 radical (unpaired) electrons. The largest absolute Gasteiger partial charge is 0.329 e. The molecule has 1 aromatic heterocycles. The van der Waals surface area contributed by atoms with Crippen LogP contribution in [-0.4, -0.2) is 34.7 Å². The van der Waals surface area contributed by atoms with Crippen LogP contribution in [0.5, 0.6) is 0 Å². The number of hydrogen-bond donors (Lipinski definition) is 1. The lowest BCUT2D eigenvalue weighted by Crippen LogP contribution is -2.50. The molecule has 3 rings (SSSR count). The number of imide groups is 1. The molecule has 2 aromatic rings. The molecule has 1 fully saturated rings. The standard InChI is InChI=1S/C13H10N4O3/c18-6-8-1-2-10-9(5-8)12(15-7-14-10)17-4-3-11(19)16-13(17)20/h1-2,5-7H,3-4H2,(H,16,19,20).